The lowest BCUT2D eigenvalue weighted by molar-refractivity contribution is 0.632. The smallest absolute Gasteiger partial charge is 0.0703 e. The molecule has 0 aromatic heterocycles. The van der Waals surface area contributed by atoms with Gasteiger partial charge in [0.15, 0.2) is 0 Å². The van der Waals surface area contributed by atoms with E-state index in [4.69, 9.17) is 11.6 Å². The normalized spacial score (nSPS) is 13.0. The van der Waals surface area contributed by atoms with Gasteiger partial charge in [-0.3, -0.25) is 5.01 Å². The van der Waals surface area contributed by atoms with Gasteiger partial charge in [0.05, 0.1) is 45.5 Å². The summed E-state index contributed by atoms with van der Waals surface area (Å²) in [6, 6.07) is 61.5. The fourth-order valence-electron chi connectivity index (χ4n) is 8.19. The molecule has 328 valence electrons. The second kappa shape index (κ2) is 22.0. The topological polar surface area (TPSA) is 65.0 Å². The van der Waals surface area contributed by atoms with Crippen LogP contribution in [0.1, 0.15) is 58.2 Å². The number of nitrogens with two attached hydrogens (primary N) is 2. The molecule has 0 bridgehead atoms. The minimum Gasteiger partial charge on any atom is -0.397 e. The molecule has 0 spiro atoms. The van der Waals surface area contributed by atoms with Crippen LogP contribution in [0.4, 0.5) is 56.9 Å². The Morgan fingerprint density at radius 2 is 0.877 bits per heavy atom. The molecule has 2 aliphatic heterocycles. The van der Waals surface area contributed by atoms with Gasteiger partial charge in [-0.25, -0.2) is 5.84 Å². The van der Waals surface area contributed by atoms with Crippen molar-refractivity contribution >= 4 is 62.6 Å². The molecule has 0 atom stereocenters. The van der Waals surface area contributed by atoms with Crippen molar-refractivity contribution in [1.82, 2.24) is 0 Å². The number of allylic oxidation sites excluding steroid dienone is 6. The molecule has 2 heterocycles. The summed E-state index contributed by atoms with van der Waals surface area (Å²) in [6.45, 7) is 19.4. The second-order valence-corrected chi connectivity index (χ2v) is 15.6. The summed E-state index contributed by atoms with van der Waals surface area (Å²) in [6.07, 6.45) is 12.9. The maximum atomic E-state index is 6.74. The van der Waals surface area contributed by atoms with Crippen LogP contribution in [0.3, 0.4) is 0 Å². The fraction of sp³-hybridized carbons (Fsp3) is 0.119. The lowest BCUT2D eigenvalue weighted by Gasteiger charge is -2.42. The molecule has 0 saturated carbocycles. The minimum absolute atomic E-state index is 0.109. The van der Waals surface area contributed by atoms with Crippen molar-refractivity contribution in [3.8, 4) is 0 Å². The summed E-state index contributed by atoms with van der Waals surface area (Å²) in [5.74, 6) is 6.74. The maximum Gasteiger partial charge on any atom is 0.0703 e. The summed E-state index contributed by atoms with van der Waals surface area (Å²) in [4.78, 5) is 6.96. The van der Waals surface area contributed by atoms with Crippen molar-refractivity contribution in [2.45, 2.75) is 47.0 Å². The Balaban J connectivity index is 0.000000523. The SMILES string of the molecule is C=C/C=C\C.C=C/C=C\C.CC.CC1(C)c2ccccc2N(c2ccc(/C(N)=C/N(N)c3cccc(N4c5ccccc5N(c5ccccc5)c5ccccc54)c3)cc2)c2ccccc21. The zero-order valence-electron chi connectivity index (χ0n) is 38.6. The first-order valence-electron chi connectivity index (χ1n) is 22.2. The van der Waals surface area contributed by atoms with Gasteiger partial charge in [-0.2, -0.15) is 0 Å². The highest BCUT2D eigenvalue weighted by atomic mass is 15.4. The van der Waals surface area contributed by atoms with E-state index in [2.05, 4.69) is 199 Å². The van der Waals surface area contributed by atoms with E-state index in [0.717, 1.165) is 51.1 Å². The van der Waals surface area contributed by atoms with Gasteiger partial charge in [-0.15, -0.1) is 0 Å². The van der Waals surface area contributed by atoms with Crippen molar-refractivity contribution in [2.24, 2.45) is 11.6 Å². The lowest BCUT2D eigenvalue weighted by Crippen LogP contribution is -2.30. The third-order valence-corrected chi connectivity index (χ3v) is 11.2. The van der Waals surface area contributed by atoms with Gasteiger partial charge in [0, 0.05) is 28.7 Å². The summed E-state index contributed by atoms with van der Waals surface area (Å²) >= 11 is 0. The van der Waals surface area contributed by atoms with Gasteiger partial charge in [0.2, 0.25) is 0 Å². The Labute approximate surface area is 387 Å². The first-order valence-corrected chi connectivity index (χ1v) is 22.2. The molecule has 6 heteroatoms. The Hall–Kier alpha value is -7.80. The predicted octanol–water partition coefficient (Wildman–Crippen LogP) is 16.2. The first-order chi connectivity index (χ1) is 31.7. The number of benzene rings is 7. The summed E-state index contributed by atoms with van der Waals surface area (Å²) in [5, 5.41) is 1.60. The number of anilines is 10. The molecule has 0 fully saturated rings. The average Bonchev–Trinajstić information content (AvgIpc) is 3.35. The summed E-state index contributed by atoms with van der Waals surface area (Å²) in [5.41, 5.74) is 21.4. The van der Waals surface area contributed by atoms with Crippen LogP contribution >= 0.6 is 0 Å². The molecule has 0 aliphatic carbocycles. The Morgan fingerprint density at radius 1 is 0.492 bits per heavy atom. The highest BCUT2D eigenvalue weighted by Crippen LogP contribution is 2.54. The summed E-state index contributed by atoms with van der Waals surface area (Å²) in [7, 11) is 0. The molecule has 0 radical (unpaired) electrons. The predicted molar refractivity (Wildman–Crippen MR) is 283 cm³/mol. The number of rotatable bonds is 8. The lowest BCUT2D eigenvalue weighted by atomic mass is 9.73. The van der Waals surface area contributed by atoms with Crippen LogP contribution in [-0.2, 0) is 5.41 Å². The Bertz CT molecular complexity index is 2650. The van der Waals surface area contributed by atoms with E-state index < -0.39 is 0 Å². The van der Waals surface area contributed by atoms with E-state index in [1.165, 1.54) is 22.5 Å². The van der Waals surface area contributed by atoms with Crippen molar-refractivity contribution in [2.75, 3.05) is 19.7 Å². The molecular weight excluding hydrogens is 793 g/mol. The van der Waals surface area contributed by atoms with Gasteiger partial charge in [0.25, 0.3) is 0 Å². The Kier molecular flexibility index (Phi) is 15.8. The molecule has 6 nitrogen and oxygen atoms in total. The molecule has 7 aromatic carbocycles. The van der Waals surface area contributed by atoms with Gasteiger partial charge < -0.3 is 20.4 Å². The van der Waals surface area contributed by atoms with Crippen LogP contribution < -0.4 is 31.3 Å². The molecule has 9 rings (SSSR count). The fourth-order valence-corrected chi connectivity index (χ4v) is 8.19. The van der Waals surface area contributed by atoms with Crippen LogP contribution in [0.15, 0.2) is 232 Å². The largest absolute Gasteiger partial charge is 0.397 e. The van der Waals surface area contributed by atoms with Crippen molar-refractivity contribution in [3.63, 3.8) is 0 Å². The molecular formula is C59H62N6. The monoisotopic (exact) mass is 855 g/mol. The van der Waals surface area contributed by atoms with Crippen molar-refractivity contribution in [1.29, 1.82) is 0 Å². The van der Waals surface area contributed by atoms with E-state index in [-0.39, 0.29) is 5.41 Å². The van der Waals surface area contributed by atoms with Gasteiger partial charge in [-0.1, -0.05) is 174 Å². The van der Waals surface area contributed by atoms with Crippen molar-refractivity contribution in [3.05, 3.63) is 248 Å². The third kappa shape index (κ3) is 10.0. The van der Waals surface area contributed by atoms with E-state index >= 15 is 0 Å². The van der Waals surface area contributed by atoms with Crippen LogP contribution in [0.5, 0.6) is 0 Å². The quantitative estimate of drug-likeness (QED) is 0.0902. The average molecular weight is 855 g/mol. The van der Waals surface area contributed by atoms with Crippen LogP contribution in [0, 0.1) is 0 Å². The molecule has 7 aromatic rings. The summed E-state index contributed by atoms with van der Waals surface area (Å²) < 4.78 is 0. The van der Waals surface area contributed by atoms with Crippen LogP contribution in [0.25, 0.3) is 5.70 Å². The number of para-hydroxylation sites is 7. The third-order valence-electron chi connectivity index (χ3n) is 11.2. The minimum atomic E-state index is -0.109. The number of nitrogens with zero attached hydrogens (tertiary/aromatic N) is 4. The maximum absolute atomic E-state index is 6.74. The van der Waals surface area contributed by atoms with E-state index in [0.29, 0.717) is 5.70 Å². The van der Waals surface area contributed by atoms with Gasteiger partial charge in [-0.05, 0) is 109 Å². The second-order valence-electron chi connectivity index (χ2n) is 15.6. The number of hydrazine groups is 1. The molecule has 0 unspecified atom stereocenters. The Morgan fingerprint density at radius 3 is 1.32 bits per heavy atom. The zero-order chi connectivity index (χ0) is 46.3. The zero-order valence-corrected chi connectivity index (χ0v) is 38.6. The highest BCUT2D eigenvalue weighted by molar-refractivity contribution is 6.01. The molecule has 0 amide bonds. The van der Waals surface area contributed by atoms with Gasteiger partial charge in [0.1, 0.15) is 0 Å². The molecule has 2 aliphatic rings. The standard InChI is InChI=1S/C47H40N6.2C5H8.C2H6/c1-47(2)38-19-6-8-21-41(38)51(42-22-9-7-20-39(42)47)35-29-27-33(28-30-35)40(48)32-50(49)36-17-14-18-37(31-36)53-45-25-12-10-23-43(45)52(34-15-4-3-5-16-34)44-24-11-13-26-46(44)53;2*1-3-5-4-2;1-2/h3-32H,48-49H2,1-2H3;2*3-5H,1H2,2H3;1-2H3/b40-32-;2*5-4-;. The number of hydrogen-bond acceptors (Lipinski definition) is 6. The first kappa shape index (κ1) is 46.7. The van der Waals surface area contributed by atoms with E-state index in [1.54, 1.807) is 23.4 Å². The molecule has 65 heavy (non-hydrogen) atoms. The van der Waals surface area contributed by atoms with Gasteiger partial charge >= 0.3 is 0 Å². The van der Waals surface area contributed by atoms with Crippen LogP contribution in [-0.4, -0.2) is 0 Å². The van der Waals surface area contributed by atoms with Crippen molar-refractivity contribution < 1.29 is 0 Å². The molecule has 4 N–H and O–H groups in total. The highest BCUT2D eigenvalue weighted by Gasteiger charge is 2.36. The number of fused-ring (bicyclic) bond motifs is 4. The molecule has 0 saturated heterocycles. The number of hydrogen-bond donors (Lipinski definition) is 2. The van der Waals surface area contributed by atoms with Crippen LogP contribution in [0.2, 0.25) is 0 Å². The van der Waals surface area contributed by atoms with E-state index in [9.17, 15) is 0 Å². The van der Waals surface area contributed by atoms with E-state index in [1.807, 2.05) is 70.2 Å².